The number of hydrogen-bond donors (Lipinski definition) is 0. The van der Waals surface area contributed by atoms with Crippen LogP contribution < -0.4 is 9.47 Å². The maximum atomic E-state index is 13.4. The number of amides is 1. The molecule has 2 aromatic carbocycles. The molecule has 1 aliphatic rings. The standard InChI is InChI=1S/C22H23N3O3/c1-2-27-19-9-8-16-6-3-4-7-18(16)20(19)21(26)25-14-10-17(11-15-25)28-22-23-12-5-13-24-22/h3-9,12-13,17H,2,10-11,14-15H2,1H3. The first kappa shape index (κ1) is 18.2. The first-order valence-electron chi connectivity index (χ1n) is 9.63. The monoisotopic (exact) mass is 377 g/mol. The minimum Gasteiger partial charge on any atom is -0.493 e. The summed E-state index contributed by atoms with van der Waals surface area (Å²) in [5.74, 6) is 0.650. The second kappa shape index (κ2) is 8.25. The average molecular weight is 377 g/mol. The molecule has 6 nitrogen and oxygen atoms in total. The average Bonchev–Trinajstić information content (AvgIpc) is 2.75. The molecule has 6 heteroatoms. The minimum absolute atomic E-state index is 0.00895. The van der Waals surface area contributed by atoms with Crippen molar-refractivity contribution in [2.75, 3.05) is 19.7 Å². The van der Waals surface area contributed by atoms with E-state index >= 15 is 0 Å². The van der Waals surface area contributed by atoms with E-state index in [4.69, 9.17) is 9.47 Å². The van der Waals surface area contributed by atoms with Crippen LogP contribution in [0.4, 0.5) is 0 Å². The van der Waals surface area contributed by atoms with E-state index in [9.17, 15) is 4.79 Å². The van der Waals surface area contributed by atoms with Crippen molar-refractivity contribution in [3.8, 4) is 11.8 Å². The molecule has 144 valence electrons. The number of rotatable bonds is 5. The molecule has 3 aromatic rings. The summed E-state index contributed by atoms with van der Waals surface area (Å²) < 4.78 is 11.6. The van der Waals surface area contributed by atoms with Gasteiger partial charge < -0.3 is 14.4 Å². The Morgan fingerprint density at radius 3 is 2.57 bits per heavy atom. The predicted molar refractivity (Wildman–Crippen MR) is 107 cm³/mol. The smallest absolute Gasteiger partial charge is 0.316 e. The summed E-state index contributed by atoms with van der Waals surface area (Å²) in [7, 11) is 0. The van der Waals surface area contributed by atoms with Crippen molar-refractivity contribution >= 4 is 16.7 Å². The number of piperidine rings is 1. The lowest BCUT2D eigenvalue weighted by Crippen LogP contribution is -2.42. The molecule has 1 aromatic heterocycles. The molecule has 0 saturated carbocycles. The van der Waals surface area contributed by atoms with E-state index in [1.165, 1.54) is 0 Å². The molecule has 1 amide bonds. The van der Waals surface area contributed by atoms with Crippen molar-refractivity contribution < 1.29 is 14.3 Å². The Bertz CT molecular complexity index is 954. The third kappa shape index (κ3) is 3.76. The summed E-state index contributed by atoms with van der Waals surface area (Å²) in [5, 5.41) is 1.96. The SMILES string of the molecule is CCOc1ccc2ccccc2c1C(=O)N1CCC(Oc2ncccn2)CC1. The van der Waals surface area contributed by atoms with Gasteiger partial charge in [-0.15, -0.1) is 0 Å². The topological polar surface area (TPSA) is 64.5 Å². The number of carbonyl (C=O) groups is 1. The molecule has 0 spiro atoms. The third-order valence-electron chi connectivity index (χ3n) is 4.95. The zero-order valence-corrected chi connectivity index (χ0v) is 15.9. The molecule has 1 saturated heterocycles. The van der Waals surface area contributed by atoms with E-state index in [0.29, 0.717) is 37.0 Å². The lowest BCUT2D eigenvalue weighted by Gasteiger charge is -2.32. The Hall–Kier alpha value is -3.15. The van der Waals surface area contributed by atoms with Crippen LogP contribution in [0.1, 0.15) is 30.1 Å². The van der Waals surface area contributed by atoms with Gasteiger partial charge in [-0.2, -0.15) is 0 Å². The molecule has 0 unspecified atom stereocenters. The first-order chi connectivity index (χ1) is 13.8. The summed E-state index contributed by atoms with van der Waals surface area (Å²) in [5.41, 5.74) is 0.644. The molecule has 1 fully saturated rings. The zero-order valence-electron chi connectivity index (χ0n) is 15.9. The minimum atomic E-state index is 0.00895. The highest BCUT2D eigenvalue weighted by Gasteiger charge is 2.28. The maximum Gasteiger partial charge on any atom is 0.316 e. The molecule has 1 aliphatic heterocycles. The van der Waals surface area contributed by atoms with Crippen molar-refractivity contribution in [3.05, 3.63) is 60.4 Å². The zero-order chi connectivity index (χ0) is 19.3. The van der Waals surface area contributed by atoms with Gasteiger partial charge in [0.1, 0.15) is 11.9 Å². The molecule has 4 rings (SSSR count). The van der Waals surface area contributed by atoms with Crippen molar-refractivity contribution in [2.24, 2.45) is 0 Å². The van der Waals surface area contributed by atoms with E-state index in [2.05, 4.69) is 9.97 Å². The van der Waals surface area contributed by atoms with Gasteiger partial charge in [0.25, 0.3) is 5.91 Å². The van der Waals surface area contributed by atoms with Gasteiger partial charge in [-0.25, -0.2) is 9.97 Å². The summed E-state index contributed by atoms with van der Waals surface area (Å²) in [6.07, 6.45) is 4.84. The van der Waals surface area contributed by atoms with Crippen LogP contribution in [0.5, 0.6) is 11.8 Å². The summed E-state index contributed by atoms with van der Waals surface area (Å²) in [6.45, 7) is 3.71. The van der Waals surface area contributed by atoms with Crippen LogP contribution in [-0.4, -0.2) is 46.6 Å². The fourth-order valence-electron chi connectivity index (χ4n) is 3.58. The summed E-state index contributed by atoms with van der Waals surface area (Å²) in [6, 6.07) is 14.0. The molecule has 0 N–H and O–H groups in total. The number of likely N-dealkylation sites (tertiary alicyclic amines) is 1. The van der Waals surface area contributed by atoms with E-state index in [0.717, 1.165) is 23.6 Å². The van der Waals surface area contributed by atoms with Crippen molar-refractivity contribution in [2.45, 2.75) is 25.9 Å². The molecule has 28 heavy (non-hydrogen) atoms. The Morgan fingerprint density at radius 2 is 1.82 bits per heavy atom. The van der Waals surface area contributed by atoms with Crippen LogP contribution in [0.3, 0.4) is 0 Å². The van der Waals surface area contributed by atoms with Crippen molar-refractivity contribution in [1.29, 1.82) is 0 Å². The number of fused-ring (bicyclic) bond motifs is 1. The van der Waals surface area contributed by atoms with Crippen LogP contribution in [0.2, 0.25) is 0 Å². The summed E-state index contributed by atoms with van der Waals surface area (Å²) in [4.78, 5) is 23.5. The number of carbonyl (C=O) groups excluding carboxylic acids is 1. The van der Waals surface area contributed by atoms with Gasteiger partial charge in [0.2, 0.25) is 0 Å². The number of aromatic nitrogens is 2. The molecule has 0 aliphatic carbocycles. The van der Waals surface area contributed by atoms with Crippen LogP contribution in [0.25, 0.3) is 10.8 Å². The number of nitrogens with zero attached hydrogens (tertiary/aromatic N) is 3. The molecule has 0 bridgehead atoms. The highest BCUT2D eigenvalue weighted by molar-refractivity contribution is 6.09. The number of hydrogen-bond acceptors (Lipinski definition) is 5. The maximum absolute atomic E-state index is 13.4. The molecule has 2 heterocycles. The Labute approximate surface area is 164 Å². The fraction of sp³-hybridized carbons (Fsp3) is 0.318. The quantitative estimate of drug-likeness (QED) is 0.678. The first-order valence-corrected chi connectivity index (χ1v) is 9.63. The van der Waals surface area contributed by atoms with Gasteiger partial charge in [-0.1, -0.05) is 30.3 Å². The van der Waals surface area contributed by atoms with Crippen molar-refractivity contribution in [1.82, 2.24) is 14.9 Å². The van der Waals surface area contributed by atoms with Gasteiger partial charge in [0, 0.05) is 38.3 Å². The Balaban J connectivity index is 1.52. The highest BCUT2D eigenvalue weighted by atomic mass is 16.5. The van der Waals surface area contributed by atoms with Crippen LogP contribution >= 0.6 is 0 Å². The van der Waals surface area contributed by atoms with Gasteiger partial charge in [0.05, 0.1) is 12.2 Å². The molecule has 0 atom stereocenters. The Kier molecular flexibility index (Phi) is 5.37. The lowest BCUT2D eigenvalue weighted by molar-refractivity contribution is 0.0577. The van der Waals surface area contributed by atoms with Crippen LogP contribution in [-0.2, 0) is 0 Å². The number of benzene rings is 2. The fourth-order valence-corrected chi connectivity index (χ4v) is 3.58. The van der Waals surface area contributed by atoms with Gasteiger partial charge in [0.15, 0.2) is 0 Å². The van der Waals surface area contributed by atoms with E-state index < -0.39 is 0 Å². The van der Waals surface area contributed by atoms with Crippen LogP contribution in [0.15, 0.2) is 54.9 Å². The normalized spacial score (nSPS) is 14.8. The molecule has 0 radical (unpaired) electrons. The van der Waals surface area contributed by atoms with Crippen LogP contribution in [0, 0.1) is 0 Å². The molecular weight excluding hydrogens is 354 g/mol. The van der Waals surface area contributed by atoms with E-state index in [1.807, 2.05) is 48.2 Å². The predicted octanol–water partition coefficient (Wildman–Crippen LogP) is 3.71. The lowest BCUT2D eigenvalue weighted by atomic mass is 10.0. The Morgan fingerprint density at radius 1 is 1.07 bits per heavy atom. The van der Waals surface area contributed by atoms with Gasteiger partial charge >= 0.3 is 6.01 Å². The largest absolute Gasteiger partial charge is 0.493 e. The van der Waals surface area contributed by atoms with Crippen molar-refractivity contribution in [3.63, 3.8) is 0 Å². The number of ether oxygens (including phenoxy) is 2. The van der Waals surface area contributed by atoms with E-state index in [-0.39, 0.29) is 12.0 Å². The van der Waals surface area contributed by atoms with Gasteiger partial charge in [-0.3, -0.25) is 4.79 Å². The second-order valence-electron chi connectivity index (χ2n) is 6.73. The third-order valence-corrected chi connectivity index (χ3v) is 4.95. The van der Waals surface area contributed by atoms with Gasteiger partial charge in [-0.05, 0) is 29.8 Å². The highest BCUT2D eigenvalue weighted by Crippen LogP contribution is 2.30. The second-order valence-corrected chi connectivity index (χ2v) is 6.73. The summed E-state index contributed by atoms with van der Waals surface area (Å²) >= 11 is 0. The van der Waals surface area contributed by atoms with E-state index in [1.54, 1.807) is 18.5 Å². The molecular formula is C22H23N3O3.